The number of pyridine rings is 1. The molecule has 0 bridgehead atoms. The van der Waals surface area contributed by atoms with E-state index in [9.17, 15) is 22.4 Å². The zero-order chi connectivity index (χ0) is 18.0. The average Bonchev–Trinajstić information content (AvgIpc) is 2.93. The average molecular weight is 364 g/mol. The maximum absolute atomic E-state index is 13.0. The highest BCUT2D eigenvalue weighted by Gasteiger charge is 2.33. The van der Waals surface area contributed by atoms with Crippen LogP contribution in [0.3, 0.4) is 0 Å². The Kier molecular flexibility index (Phi) is 4.71. The molecule has 0 aliphatic carbocycles. The molecule has 132 valence electrons. The summed E-state index contributed by atoms with van der Waals surface area (Å²) in [5.74, 6) is -1.64. The number of amides is 1. The number of anilines is 1. The largest absolute Gasteiger partial charge is 0.321 e. The molecule has 1 amide bonds. The minimum absolute atomic E-state index is 0.00528. The molecule has 25 heavy (non-hydrogen) atoms. The molecule has 2 heterocycles. The van der Waals surface area contributed by atoms with Gasteiger partial charge in [0.15, 0.2) is 9.84 Å². The van der Waals surface area contributed by atoms with Gasteiger partial charge in [-0.25, -0.2) is 12.8 Å². The minimum atomic E-state index is -3.17. The molecule has 1 N–H and O–H groups in total. The second kappa shape index (κ2) is 6.79. The number of nitrogens with zero attached hydrogens (tertiary/aromatic N) is 1. The Hall–Kier alpha value is -2.48. The van der Waals surface area contributed by atoms with Crippen molar-refractivity contribution in [3.63, 3.8) is 0 Å². The lowest BCUT2D eigenvalue weighted by Gasteiger charge is -2.11. The van der Waals surface area contributed by atoms with E-state index >= 15 is 0 Å². The molecule has 1 aliphatic rings. The summed E-state index contributed by atoms with van der Waals surface area (Å²) in [4.78, 5) is 24.7. The highest BCUT2D eigenvalue weighted by molar-refractivity contribution is 7.91. The van der Waals surface area contributed by atoms with Crippen LogP contribution in [-0.4, -0.2) is 30.4 Å². The van der Waals surface area contributed by atoms with Crippen LogP contribution < -0.4 is 10.9 Å². The second-order valence-corrected chi connectivity index (χ2v) is 8.30. The zero-order valence-corrected chi connectivity index (χ0v) is 14.1. The number of rotatable bonds is 4. The SMILES string of the molecule is O=C(Nc1cccn(Cc2ccc(F)cc2)c1=O)C1CCS(=O)(=O)C1. The first-order valence-electron chi connectivity index (χ1n) is 7.79. The first kappa shape index (κ1) is 17.3. The lowest BCUT2D eigenvalue weighted by atomic mass is 10.1. The van der Waals surface area contributed by atoms with Gasteiger partial charge in [0.2, 0.25) is 5.91 Å². The summed E-state index contributed by atoms with van der Waals surface area (Å²) < 4.78 is 37.3. The maximum Gasteiger partial charge on any atom is 0.274 e. The molecule has 3 rings (SSSR count). The number of benzene rings is 1. The van der Waals surface area contributed by atoms with Crippen molar-refractivity contribution in [1.29, 1.82) is 0 Å². The van der Waals surface area contributed by atoms with Gasteiger partial charge in [0.05, 0.1) is 24.0 Å². The van der Waals surface area contributed by atoms with Crippen molar-refractivity contribution in [3.8, 4) is 0 Å². The van der Waals surface area contributed by atoms with Crippen LogP contribution in [0, 0.1) is 11.7 Å². The lowest BCUT2D eigenvalue weighted by Crippen LogP contribution is -2.29. The molecule has 0 saturated carbocycles. The van der Waals surface area contributed by atoms with Gasteiger partial charge in [-0.3, -0.25) is 9.59 Å². The van der Waals surface area contributed by atoms with Crippen molar-refractivity contribution >= 4 is 21.4 Å². The molecule has 1 aromatic heterocycles. The number of sulfone groups is 1. The third-order valence-corrected chi connectivity index (χ3v) is 5.92. The van der Waals surface area contributed by atoms with Gasteiger partial charge in [-0.05, 0) is 36.2 Å². The van der Waals surface area contributed by atoms with E-state index in [1.54, 1.807) is 24.4 Å². The molecule has 1 fully saturated rings. The predicted octanol–water partition coefficient (Wildman–Crippen LogP) is 1.41. The molecule has 1 aromatic carbocycles. The number of hydrogen-bond acceptors (Lipinski definition) is 4. The molecule has 2 aromatic rings. The standard InChI is InChI=1S/C17H17FN2O4S/c18-14-5-3-12(4-6-14)10-20-8-1-2-15(17(20)22)19-16(21)13-7-9-25(23,24)11-13/h1-6,8,13H,7,9-11H2,(H,19,21). The van der Waals surface area contributed by atoms with Crippen LogP contribution >= 0.6 is 0 Å². The van der Waals surface area contributed by atoms with Gasteiger partial charge in [-0.2, -0.15) is 0 Å². The van der Waals surface area contributed by atoms with Crippen molar-refractivity contribution in [1.82, 2.24) is 4.57 Å². The first-order valence-corrected chi connectivity index (χ1v) is 9.61. The topological polar surface area (TPSA) is 85.2 Å². The predicted molar refractivity (Wildman–Crippen MR) is 91.6 cm³/mol. The van der Waals surface area contributed by atoms with Gasteiger partial charge in [0.25, 0.3) is 5.56 Å². The van der Waals surface area contributed by atoms with Crippen molar-refractivity contribution in [2.24, 2.45) is 5.92 Å². The van der Waals surface area contributed by atoms with Gasteiger partial charge in [0.1, 0.15) is 11.5 Å². The van der Waals surface area contributed by atoms with E-state index in [2.05, 4.69) is 5.32 Å². The van der Waals surface area contributed by atoms with E-state index in [1.807, 2.05) is 0 Å². The molecular weight excluding hydrogens is 347 g/mol. The number of hydrogen-bond donors (Lipinski definition) is 1. The number of nitrogens with one attached hydrogen (secondary N) is 1. The fourth-order valence-electron chi connectivity index (χ4n) is 2.78. The van der Waals surface area contributed by atoms with Crippen molar-refractivity contribution in [2.45, 2.75) is 13.0 Å². The Bertz CT molecular complexity index is 951. The Labute approximate surface area is 144 Å². The molecule has 1 unspecified atom stereocenters. The fourth-order valence-corrected chi connectivity index (χ4v) is 4.52. The summed E-state index contributed by atoms with van der Waals surface area (Å²) in [5.41, 5.74) is 0.439. The fraction of sp³-hybridized carbons (Fsp3) is 0.294. The van der Waals surface area contributed by atoms with Crippen molar-refractivity contribution in [2.75, 3.05) is 16.8 Å². The van der Waals surface area contributed by atoms with E-state index < -0.39 is 27.2 Å². The highest BCUT2D eigenvalue weighted by atomic mass is 32.2. The highest BCUT2D eigenvalue weighted by Crippen LogP contribution is 2.19. The van der Waals surface area contributed by atoms with E-state index in [-0.39, 0.29) is 36.0 Å². The molecule has 8 heteroatoms. The van der Waals surface area contributed by atoms with E-state index in [0.717, 1.165) is 5.56 Å². The van der Waals surface area contributed by atoms with E-state index in [0.29, 0.717) is 0 Å². The summed E-state index contributed by atoms with van der Waals surface area (Å²) in [7, 11) is -3.17. The van der Waals surface area contributed by atoms with Gasteiger partial charge in [-0.1, -0.05) is 12.1 Å². The minimum Gasteiger partial charge on any atom is -0.321 e. The van der Waals surface area contributed by atoms with Crippen LogP contribution in [0.5, 0.6) is 0 Å². The van der Waals surface area contributed by atoms with Crippen LogP contribution in [0.2, 0.25) is 0 Å². The first-order chi connectivity index (χ1) is 11.8. The van der Waals surface area contributed by atoms with Crippen LogP contribution in [-0.2, 0) is 21.2 Å². The quantitative estimate of drug-likeness (QED) is 0.889. The molecule has 0 spiro atoms. The van der Waals surface area contributed by atoms with Gasteiger partial charge in [0, 0.05) is 6.20 Å². The number of aromatic nitrogens is 1. The molecule has 1 saturated heterocycles. The van der Waals surface area contributed by atoms with Crippen LogP contribution in [0.1, 0.15) is 12.0 Å². The van der Waals surface area contributed by atoms with Gasteiger partial charge in [-0.15, -0.1) is 0 Å². The summed E-state index contributed by atoms with van der Waals surface area (Å²) in [6, 6.07) is 8.88. The second-order valence-electron chi connectivity index (χ2n) is 6.07. The summed E-state index contributed by atoms with van der Waals surface area (Å²) >= 11 is 0. The zero-order valence-electron chi connectivity index (χ0n) is 13.3. The third kappa shape index (κ3) is 4.14. The van der Waals surface area contributed by atoms with Gasteiger partial charge < -0.3 is 9.88 Å². The van der Waals surface area contributed by atoms with Crippen LogP contribution in [0.15, 0.2) is 47.4 Å². The maximum atomic E-state index is 13.0. The summed E-state index contributed by atoms with van der Waals surface area (Å²) in [5, 5.41) is 2.53. The smallest absolute Gasteiger partial charge is 0.274 e. The number of carbonyl (C=O) groups excluding carboxylic acids is 1. The Morgan fingerprint density at radius 2 is 1.96 bits per heavy atom. The van der Waals surface area contributed by atoms with Crippen LogP contribution in [0.25, 0.3) is 0 Å². The van der Waals surface area contributed by atoms with E-state index in [4.69, 9.17) is 0 Å². The Balaban J connectivity index is 1.76. The molecule has 1 atom stereocenters. The number of halogens is 1. The number of carbonyl (C=O) groups is 1. The third-order valence-electron chi connectivity index (χ3n) is 4.15. The summed E-state index contributed by atoms with van der Waals surface area (Å²) in [6.45, 7) is 0.237. The lowest BCUT2D eigenvalue weighted by molar-refractivity contribution is -0.119. The Morgan fingerprint density at radius 3 is 2.60 bits per heavy atom. The Morgan fingerprint density at radius 1 is 1.24 bits per heavy atom. The monoisotopic (exact) mass is 364 g/mol. The molecule has 1 aliphatic heterocycles. The molecular formula is C17H17FN2O4S. The van der Waals surface area contributed by atoms with Crippen molar-refractivity contribution < 1.29 is 17.6 Å². The summed E-state index contributed by atoms with van der Waals surface area (Å²) in [6.07, 6.45) is 1.84. The van der Waals surface area contributed by atoms with E-state index in [1.165, 1.54) is 22.8 Å². The van der Waals surface area contributed by atoms with Crippen molar-refractivity contribution in [3.05, 3.63) is 64.3 Å². The van der Waals surface area contributed by atoms with Crippen LogP contribution in [0.4, 0.5) is 10.1 Å². The normalized spacial score (nSPS) is 18.8. The van der Waals surface area contributed by atoms with Gasteiger partial charge >= 0.3 is 0 Å². The molecule has 0 radical (unpaired) electrons. The molecule has 6 nitrogen and oxygen atoms in total.